The molecule has 0 N–H and O–H groups in total. The van der Waals surface area contributed by atoms with Crippen LogP contribution in [0.15, 0.2) is 18.2 Å². The van der Waals surface area contributed by atoms with Crippen LogP contribution in [0.5, 0.6) is 5.75 Å². The van der Waals surface area contributed by atoms with Crippen LogP contribution in [0.2, 0.25) is 6.04 Å². The molecule has 0 saturated heterocycles. The molecule has 0 radical (unpaired) electrons. The third-order valence-corrected chi connectivity index (χ3v) is 10.0. The lowest BCUT2D eigenvalue weighted by Gasteiger charge is -2.36. The minimum atomic E-state index is -2.42. The van der Waals surface area contributed by atoms with Crippen LogP contribution in [0.4, 0.5) is 0 Å². The molecule has 0 aliphatic rings. The monoisotopic (exact) mass is 382 g/mol. The Bertz CT molecular complexity index is 560. The third-order valence-electron chi connectivity index (χ3n) is 4.71. The Hall–Kier alpha value is -0.453. The van der Waals surface area contributed by atoms with Gasteiger partial charge in [0.1, 0.15) is 5.75 Å². The van der Waals surface area contributed by atoms with Crippen molar-refractivity contribution in [1.29, 1.82) is 0 Å². The largest absolute Gasteiger partial charge is 0.519 e. The second-order valence-electron chi connectivity index (χ2n) is 8.84. The van der Waals surface area contributed by atoms with E-state index in [2.05, 4.69) is 73.6 Å². The van der Waals surface area contributed by atoms with E-state index < -0.39 is 8.56 Å². The molecule has 0 fully saturated rings. The van der Waals surface area contributed by atoms with Gasteiger partial charge in [0.25, 0.3) is 0 Å². The molecule has 0 aliphatic heterocycles. The van der Waals surface area contributed by atoms with Crippen molar-refractivity contribution in [2.75, 3.05) is 6.61 Å². The predicted molar refractivity (Wildman–Crippen MR) is 115 cm³/mol. The molecule has 2 nitrogen and oxygen atoms in total. The maximum absolute atomic E-state index is 6.71. The first-order valence-corrected chi connectivity index (χ1v) is 12.2. The normalized spacial score (nSPS) is 16.4. The zero-order chi connectivity index (χ0) is 19.5. The summed E-state index contributed by atoms with van der Waals surface area (Å²) in [6, 6.07) is 7.56. The van der Waals surface area contributed by atoms with E-state index in [-0.39, 0.29) is 15.7 Å². The van der Waals surface area contributed by atoms with E-state index in [0.29, 0.717) is 6.61 Å². The molecule has 2 unspecified atom stereocenters. The highest BCUT2D eigenvalue weighted by Crippen LogP contribution is 2.38. The van der Waals surface area contributed by atoms with Gasteiger partial charge < -0.3 is 8.85 Å². The molecule has 0 aromatic heterocycles. The van der Waals surface area contributed by atoms with Crippen LogP contribution in [-0.2, 0) is 15.3 Å². The molecule has 2 atom stereocenters. The van der Waals surface area contributed by atoms with Crippen molar-refractivity contribution in [1.82, 2.24) is 0 Å². The van der Waals surface area contributed by atoms with Gasteiger partial charge in [-0.05, 0) is 41.4 Å². The van der Waals surface area contributed by atoms with Crippen LogP contribution >= 0.6 is 12.6 Å². The maximum atomic E-state index is 6.71. The van der Waals surface area contributed by atoms with Crippen LogP contribution < -0.4 is 4.43 Å². The minimum Gasteiger partial charge on any atom is -0.519 e. The molecule has 0 saturated carbocycles. The smallest absolute Gasteiger partial charge is 0.411 e. The number of hydrogen-bond donors (Lipinski definition) is 1. The summed E-state index contributed by atoms with van der Waals surface area (Å²) in [4.78, 5) is 0.160. The van der Waals surface area contributed by atoms with Gasteiger partial charge in [-0.1, -0.05) is 67.5 Å². The quantitative estimate of drug-likeness (QED) is 0.434. The van der Waals surface area contributed by atoms with Crippen LogP contribution in [0.25, 0.3) is 0 Å². The molecule has 0 aliphatic carbocycles. The summed E-state index contributed by atoms with van der Waals surface area (Å²) in [5.74, 6) is 0.968. The third kappa shape index (κ3) is 5.51. The molecule has 1 aromatic rings. The topological polar surface area (TPSA) is 18.5 Å². The lowest BCUT2D eigenvalue weighted by Crippen LogP contribution is -2.53. The Morgan fingerprint density at radius 2 is 1.60 bits per heavy atom. The minimum absolute atomic E-state index is 0.00893. The summed E-state index contributed by atoms with van der Waals surface area (Å²) < 4.78 is 13.0. The Labute approximate surface area is 162 Å². The molecular formula is C21H38O2SSi. The Balaban J connectivity index is 3.44. The van der Waals surface area contributed by atoms with E-state index in [4.69, 9.17) is 21.5 Å². The highest BCUT2D eigenvalue weighted by atomic mass is 32.1. The van der Waals surface area contributed by atoms with Crippen molar-refractivity contribution in [3.05, 3.63) is 29.3 Å². The van der Waals surface area contributed by atoms with Gasteiger partial charge in [0.15, 0.2) is 0 Å². The molecule has 4 heteroatoms. The number of rotatable bonds is 7. The first kappa shape index (κ1) is 22.6. The van der Waals surface area contributed by atoms with Gasteiger partial charge in [-0.25, -0.2) is 0 Å². The van der Waals surface area contributed by atoms with Crippen LogP contribution in [0.3, 0.4) is 0 Å². The number of hydrogen-bond acceptors (Lipinski definition) is 3. The lowest BCUT2D eigenvalue weighted by molar-refractivity contribution is 0.246. The van der Waals surface area contributed by atoms with Gasteiger partial charge >= 0.3 is 8.56 Å². The number of benzene rings is 1. The first-order valence-electron chi connectivity index (χ1n) is 9.57. The second kappa shape index (κ2) is 8.49. The molecule has 0 bridgehead atoms. The molecule has 25 heavy (non-hydrogen) atoms. The summed E-state index contributed by atoms with van der Waals surface area (Å²) in [7, 11) is -2.42. The summed E-state index contributed by atoms with van der Waals surface area (Å²) in [6.45, 7) is 20.5. The van der Waals surface area contributed by atoms with E-state index in [9.17, 15) is 0 Å². The predicted octanol–water partition coefficient (Wildman–Crippen LogP) is 6.41. The van der Waals surface area contributed by atoms with Crippen molar-refractivity contribution in [2.24, 2.45) is 0 Å². The molecule has 0 amide bonds. The molecule has 1 rings (SSSR count). The maximum Gasteiger partial charge on any atom is 0.411 e. The molecule has 1 aromatic carbocycles. The summed E-state index contributed by atoms with van der Waals surface area (Å²) >= 11 is 4.84. The fraction of sp³-hybridized carbons (Fsp3) is 0.714. The van der Waals surface area contributed by atoms with Crippen LogP contribution in [-0.4, -0.2) is 20.0 Å². The zero-order valence-corrected chi connectivity index (χ0v) is 19.6. The Kier molecular flexibility index (Phi) is 7.67. The molecule has 144 valence electrons. The zero-order valence-electron chi connectivity index (χ0n) is 17.7. The second-order valence-corrected chi connectivity index (χ2v) is 13.5. The van der Waals surface area contributed by atoms with Crippen molar-refractivity contribution in [3.63, 3.8) is 0 Å². The summed E-state index contributed by atoms with van der Waals surface area (Å²) in [5, 5.41) is 0. The number of thiol groups is 1. The van der Waals surface area contributed by atoms with Crippen molar-refractivity contribution >= 4 is 21.2 Å². The van der Waals surface area contributed by atoms with E-state index in [1.54, 1.807) is 0 Å². The van der Waals surface area contributed by atoms with Crippen molar-refractivity contribution in [3.8, 4) is 5.75 Å². The van der Waals surface area contributed by atoms with Gasteiger partial charge in [-0.3, -0.25) is 0 Å². The van der Waals surface area contributed by atoms with E-state index in [1.807, 2.05) is 6.92 Å². The molecular weight excluding hydrogens is 344 g/mol. The fourth-order valence-electron chi connectivity index (χ4n) is 3.02. The average molecular weight is 383 g/mol. The van der Waals surface area contributed by atoms with E-state index in [0.717, 1.165) is 18.2 Å². The highest BCUT2D eigenvalue weighted by molar-refractivity contribution is 7.83. The van der Waals surface area contributed by atoms with Gasteiger partial charge in [0, 0.05) is 12.7 Å². The van der Waals surface area contributed by atoms with E-state index in [1.165, 1.54) is 11.1 Å². The van der Waals surface area contributed by atoms with Crippen LogP contribution in [0.1, 0.15) is 79.9 Å². The Morgan fingerprint density at radius 3 is 2.00 bits per heavy atom. The summed E-state index contributed by atoms with van der Waals surface area (Å²) in [6.07, 6.45) is 0.952. The Morgan fingerprint density at radius 1 is 1.00 bits per heavy atom. The van der Waals surface area contributed by atoms with Crippen molar-refractivity contribution in [2.45, 2.75) is 90.5 Å². The summed E-state index contributed by atoms with van der Waals surface area (Å²) in [5.41, 5.74) is 2.71. The first-order chi connectivity index (χ1) is 11.4. The van der Waals surface area contributed by atoms with Crippen LogP contribution in [0, 0.1) is 0 Å². The standard InChI is InChI=1S/C21H38O2SSi/c1-10-19(24)25(12-3,22-11-2)23-18-14-13-16(20(4,5)6)15-17(18)21(7,8)9/h13-15,19,24H,10-12H2,1-9H3. The molecule has 0 spiro atoms. The SMILES string of the molecule is CCO[Si](CC)(Oc1ccc(C(C)(C)C)cc1C(C)(C)C)C(S)CC. The van der Waals surface area contributed by atoms with Crippen molar-refractivity contribution < 1.29 is 8.85 Å². The van der Waals surface area contributed by atoms with E-state index >= 15 is 0 Å². The van der Waals surface area contributed by atoms with Gasteiger partial charge in [0.2, 0.25) is 0 Å². The molecule has 0 heterocycles. The van der Waals surface area contributed by atoms with Gasteiger partial charge in [0.05, 0.1) is 4.87 Å². The van der Waals surface area contributed by atoms with Gasteiger partial charge in [-0.15, -0.1) is 0 Å². The fourth-order valence-corrected chi connectivity index (χ4v) is 6.81. The average Bonchev–Trinajstić information content (AvgIpc) is 2.51. The lowest BCUT2D eigenvalue weighted by atomic mass is 9.80. The highest BCUT2D eigenvalue weighted by Gasteiger charge is 2.44. The van der Waals surface area contributed by atoms with Gasteiger partial charge in [-0.2, -0.15) is 12.6 Å².